The predicted octanol–water partition coefficient (Wildman–Crippen LogP) is 3.29. The number of aliphatic carboxylic acids is 1. The molecular weight excluding hydrogens is 275 g/mol. The first-order valence-electron chi connectivity index (χ1n) is 5.25. The van der Waals surface area contributed by atoms with E-state index in [0.717, 1.165) is 28.4 Å². The van der Waals surface area contributed by atoms with Crippen molar-refractivity contribution in [2.24, 2.45) is 0 Å². The molecule has 2 nitrogen and oxygen atoms in total. The van der Waals surface area contributed by atoms with Crippen LogP contribution in [-0.2, 0) is 11.2 Å². The lowest BCUT2D eigenvalue weighted by Crippen LogP contribution is -2.26. The lowest BCUT2D eigenvalue weighted by molar-refractivity contribution is -0.143. The molecule has 0 radical (unpaired) electrons. The second-order valence-electron chi connectivity index (χ2n) is 4.05. The van der Waals surface area contributed by atoms with Crippen LogP contribution >= 0.6 is 15.9 Å². The van der Waals surface area contributed by atoms with Crippen molar-refractivity contribution >= 4 is 21.9 Å². The molecule has 4 heteroatoms. The van der Waals surface area contributed by atoms with E-state index in [9.17, 15) is 9.18 Å². The number of fused-ring (bicyclic) bond motifs is 1. The molecule has 86 valence electrons. The highest BCUT2D eigenvalue weighted by molar-refractivity contribution is 9.10. The molecule has 1 N–H and O–H groups in total. The van der Waals surface area contributed by atoms with E-state index in [0.29, 0.717) is 6.42 Å². The maximum absolute atomic E-state index is 13.6. The van der Waals surface area contributed by atoms with E-state index in [1.807, 2.05) is 18.2 Å². The Kier molecular flexibility index (Phi) is 3.28. The van der Waals surface area contributed by atoms with Gasteiger partial charge in [-0.3, -0.25) is 0 Å². The Bertz CT molecular complexity index is 419. The Morgan fingerprint density at radius 3 is 3.00 bits per heavy atom. The molecule has 2 rings (SSSR count). The molecule has 1 aliphatic carbocycles. The van der Waals surface area contributed by atoms with Crippen molar-refractivity contribution < 1.29 is 14.3 Å². The number of alkyl halides is 1. The van der Waals surface area contributed by atoms with E-state index in [1.54, 1.807) is 0 Å². The Morgan fingerprint density at radius 1 is 1.56 bits per heavy atom. The van der Waals surface area contributed by atoms with E-state index in [1.165, 1.54) is 0 Å². The van der Waals surface area contributed by atoms with Crippen LogP contribution in [-0.4, -0.2) is 17.2 Å². The molecule has 2 unspecified atom stereocenters. The van der Waals surface area contributed by atoms with Gasteiger partial charge in [-0.25, -0.2) is 9.18 Å². The number of carboxylic acid groups (broad SMARTS) is 1. The maximum Gasteiger partial charge on any atom is 0.338 e. The molecule has 0 bridgehead atoms. The van der Waals surface area contributed by atoms with Gasteiger partial charge in [0.15, 0.2) is 0 Å². The number of halogens is 2. The molecule has 0 spiro atoms. The third kappa shape index (κ3) is 1.98. The van der Waals surface area contributed by atoms with Crippen LogP contribution in [0.2, 0.25) is 0 Å². The molecular formula is C12H12BrFO2. The summed E-state index contributed by atoms with van der Waals surface area (Å²) in [7, 11) is 0. The highest BCUT2D eigenvalue weighted by Crippen LogP contribution is 2.38. The Balaban J connectivity index is 2.40. The average Bonchev–Trinajstić information content (AvgIpc) is 2.28. The standard InChI is InChI=1S/C12H12BrFO2/c13-10-6-2-3-7-8(10)4-1-5-9(7)11(14)12(15)16/h2-3,6,9,11H,1,4-5H2,(H,15,16). The fourth-order valence-electron chi connectivity index (χ4n) is 2.32. The third-order valence-electron chi connectivity index (χ3n) is 3.09. The summed E-state index contributed by atoms with van der Waals surface area (Å²) < 4.78 is 14.6. The van der Waals surface area contributed by atoms with E-state index in [4.69, 9.17) is 5.11 Å². The molecule has 0 aromatic heterocycles. The van der Waals surface area contributed by atoms with Crippen molar-refractivity contribution in [2.45, 2.75) is 31.4 Å². The second-order valence-corrected chi connectivity index (χ2v) is 4.90. The van der Waals surface area contributed by atoms with E-state index >= 15 is 0 Å². The minimum Gasteiger partial charge on any atom is -0.479 e. The second kappa shape index (κ2) is 4.53. The van der Waals surface area contributed by atoms with Crippen molar-refractivity contribution in [3.63, 3.8) is 0 Å². The zero-order valence-corrected chi connectivity index (χ0v) is 10.2. The van der Waals surface area contributed by atoms with Gasteiger partial charge in [-0.05, 0) is 36.5 Å². The monoisotopic (exact) mass is 286 g/mol. The van der Waals surface area contributed by atoms with Crippen molar-refractivity contribution in [3.8, 4) is 0 Å². The van der Waals surface area contributed by atoms with Crippen molar-refractivity contribution in [3.05, 3.63) is 33.8 Å². The minimum atomic E-state index is -1.80. The number of hydrogen-bond acceptors (Lipinski definition) is 1. The topological polar surface area (TPSA) is 37.3 Å². The average molecular weight is 287 g/mol. The zero-order valence-electron chi connectivity index (χ0n) is 8.62. The number of carboxylic acids is 1. The van der Waals surface area contributed by atoms with Gasteiger partial charge in [0.25, 0.3) is 0 Å². The number of benzene rings is 1. The van der Waals surface area contributed by atoms with Crippen molar-refractivity contribution in [2.75, 3.05) is 0 Å². The molecule has 0 saturated carbocycles. The number of carbonyl (C=O) groups is 1. The van der Waals surface area contributed by atoms with Crippen LogP contribution in [0.25, 0.3) is 0 Å². The Hall–Kier alpha value is -0.900. The van der Waals surface area contributed by atoms with Crippen LogP contribution < -0.4 is 0 Å². The van der Waals surface area contributed by atoms with Gasteiger partial charge in [0.2, 0.25) is 6.17 Å². The van der Waals surface area contributed by atoms with Crippen molar-refractivity contribution in [1.82, 2.24) is 0 Å². The summed E-state index contributed by atoms with van der Waals surface area (Å²) >= 11 is 3.43. The van der Waals surface area contributed by atoms with E-state index in [2.05, 4.69) is 15.9 Å². The molecule has 1 aromatic rings. The summed E-state index contributed by atoms with van der Waals surface area (Å²) in [6.45, 7) is 0. The van der Waals surface area contributed by atoms with Gasteiger partial charge in [-0.15, -0.1) is 0 Å². The van der Waals surface area contributed by atoms with Gasteiger partial charge >= 0.3 is 5.97 Å². The third-order valence-corrected chi connectivity index (χ3v) is 3.83. The normalized spacial score (nSPS) is 21.2. The summed E-state index contributed by atoms with van der Waals surface area (Å²) in [5.74, 6) is -1.86. The predicted molar refractivity (Wildman–Crippen MR) is 62.4 cm³/mol. The van der Waals surface area contributed by atoms with Gasteiger partial charge in [-0.1, -0.05) is 28.1 Å². The number of hydrogen-bond donors (Lipinski definition) is 1. The molecule has 0 fully saturated rings. The summed E-state index contributed by atoms with van der Waals surface area (Å²) in [4.78, 5) is 10.7. The zero-order chi connectivity index (χ0) is 11.7. The smallest absolute Gasteiger partial charge is 0.338 e. The van der Waals surface area contributed by atoms with E-state index < -0.39 is 18.1 Å². The molecule has 1 aliphatic rings. The van der Waals surface area contributed by atoms with Crippen LogP contribution in [0.1, 0.15) is 29.9 Å². The molecule has 0 heterocycles. The fraction of sp³-hybridized carbons (Fsp3) is 0.417. The summed E-state index contributed by atoms with van der Waals surface area (Å²) in [5.41, 5.74) is 1.90. The lowest BCUT2D eigenvalue weighted by Gasteiger charge is -2.27. The van der Waals surface area contributed by atoms with Crippen LogP contribution in [0.5, 0.6) is 0 Å². The Labute approximate surface area is 102 Å². The van der Waals surface area contributed by atoms with Gasteiger partial charge < -0.3 is 5.11 Å². The van der Waals surface area contributed by atoms with Crippen LogP contribution in [0, 0.1) is 0 Å². The van der Waals surface area contributed by atoms with Crippen LogP contribution in [0.3, 0.4) is 0 Å². The fourth-order valence-corrected chi connectivity index (χ4v) is 2.90. The maximum atomic E-state index is 13.6. The summed E-state index contributed by atoms with van der Waals surface area (Å²) in [5, 5.41) is 8.74. The van der Waals surface area contributed by atoms with Gasteiger partial charge in [0.05, 0.1) is 0 Å². The summed E-state index contributed by atoms with van der Waals surface area (Å²) in [6.07, 6.45) is 0.540. The minimum absolute atomic E-state index is 0.501. The summed E-state index contributed by atoms with van der Waals surface area (Å²) in [6, 6.07) is 5.57. The van der Waals surface area contributed by atoms with Gasteiger partial charge in [0, 0.05) is 10.4 Å². The first-order valence-corrected chi connectivity index (χ1v) is 6.04. The quantitative estimate of drug-likeness (QED) is 0.906. The van der Waals surface area contributed by atoms with Crippen LogP contribution in [0.4, 0.5) is 4.39 Å². The Morgan fingerprint density at radius 2 is 2.31 bits per heavy atom. The molecule has 0 amide bonds. The molecule has 0 aliphatic heterocycles. The largest absolute Gasteiger partial charge is 0.479 e. The number of rotatable bonds is 2. The highest BCUT2D eigenvalue weighted by Gasteiger charge is 2.33. The van der Waals surface area contributed by atoms with Crippen molar-refractivity contribution in [1.29, 1.82) is 0 Å². The lowest BCUT2D eigenvalue weighted by atomic mass is 9.80. The van der Waals surface area contributed by atoms with Gasteiger partial charge in [0.1, 0.15) is 0 Å². The molecule has 16 heavy (non-hydrogen) atoms. The van der Waals surface area contributed by atoms with Gasteiger partial charge in [-0.2, -0.15) is 0 Å². The first kappa shape index (κ1) is 11.6. The SMILES string of the molecule is O=C(O)C(F)C1CCCc2c(Br)cccc21. The highest BCUT2D eigenvalue weighted by atomic mass is 79.9. The van der Waals surface area contributed by atoms with Crippen LogP contribution in [0.15, 0.2) is 22.7 Å². The molecule has 1 aromatic carbocycles. The first-order chi connectivity index (χ1) is 7.61. The molecule has 0 saturated heterocycles. The van der Waals surface area contributed by atoms with E-state index in [-0.39, 0.29) is 0 Å². The molecule has 2 atom stereocenters.